The van der Waals surface area contributed by atoms with E-state index in [9.17, 15) is 8.42 Å². The second kappa shape index (κ2) is 5.11. The number of aromatic nitrogens is 2. The summed E-state index contributed by atoms with van der Waals surface area (Å²) in [5.74, 6) is 0. The molecular formula is C11H12N3O2S. The Balaban J connectivity index is 1.95. The molecule has 1 aromatic carbocycles. The minimum atomic E-state index is -3.42. The van der Waals surface area contributed by atoms with Crippen molar-refractivity contribution >= 4 is 10.0 Å². The smallest absolute Gasteiger partial charge is 0.240 e. The zero-order valence-electron chi connectivity index (χ0n) is 9.05. The van der Waals surface area contributed by atoms with Gasteiger partial charge in [0.1, 0.15) is 0 Å². The van der Waals surface area contributed by atoms with Gasteiger partial charge in [-0.1, -0.05) is 12.1 Å². The first-order chi connectivity index (χ1) is 8.18. The molecule has 2 rings (SSSR count). The molecule has 0 unspecified atom stereocenters. The second-order valence-electron chi connectivity index (χ2n) is 3.44. The van der Waals surface area contributed by atoms with E-state index in [0.717, 1.165) is 5.69 Å². The van der Waals surface area contributed by atoms with Crippen LogP contribution in [0.1, 0.15) is 5.69 Å². The van der Waals surface area contributed by atoms with Gasteiger partial charge in [0.25, 0.3) is 0 Å². The molecule has 0 saturated heterocycles. The van der Waals surface area contributed by atoms with Gasteiger partial charge in [0.15, 0.2) is 0 Å². The molecule has 0 aliphatic carbocycles. The van der Waals surface area contributed by atoms with Crippen LogP contribution in [-0.2, 0) is 16.4 Å². The molecule has 0 fully saturated rings. The number of hydrogen-bond donors (Lipinski definition) is 2. The predicted molar refractivity (Wildman–Crippen MR) is 62.8 cm³/mol. The average molecular weight is 250 g/mol. The molecule has 0 amide bonds. The van der Waals surface area contributed by atoms with Gasteiger partial charge in [-0.25, -0.2) is 18.1 Å². The number of imidazole rings is 1. The predicted octanol–water partition coefficient (Wildman–Crippen LogP) is 0.731. The molecule has 0 bridgehead atoms. The number of nitrogens with one attached hydrogen (secondary N) is 2. The molecule has 1 aromatic heterocycles. The van der Waals surface area contributed by atoms with Crippen LogP contribution in [0, 0.1) is 6.07 Å². The Labute approximate surface area is 100.0 Å². The van der Waals surface area contributed by atoms with E-state index in [1.54, 1.807) is 24.7 Å². The van der Waals surface area contributed by atoms with Crippen molar-refractivity contribution < 1.29 is 8.42 Å². The lowest BCUT2D eigenvalue weighted by molar-refractivity contribution is 0.581. The number of H-pyrrole nitrogens is 1. The van der Waals surface area contributed by atoms with E-state index in [0.29, 0.717) is 13.0 Å². The standard InChI is InChI=1S/C11H12N3O2S/c15-17(16,11-4-2-1-3-5-11)14-7-6-10-8-12-9-13-10/h2-5,8-9,14H,6-7H2,(H,12,13). The monoisotopic (exact) mass is 250 g/mol. The quantitative estimate of drug-likeness (QED) is 0.821. The van der Waals surface area contributed by atoms with Crippen LogP contribution in [0.25, 0.3) is 0 Å². The summed E-state index contributed by atoms with van der Waals surface area (Å²) in [6.07, 6.45) is 3.87. The fourth-order valence-corrected chi connectivity index (χ4v) is 2.41. The lowest BCUT2D eigenvalue weighted by Crippen LogP contribution is -2.26. The summed E-state index contributed by atoms with van der Waals surface area (Å²) >= 11 is 0. The molecule has 0 aliphatic heterocycles. The van der Waals surface area contributed by atoms with Gasteiger partial charge in [0, 0.05) is 19.2 Å². The highest BCUT2D eigenvalue weighted by Crippen LogP contribution is 2.06. The lowest BCUT2D eigenvalue weighted by Gasteiger charge is -2.05. The summed E-state index contributed by atoms with van der Waals surface area (Å²) in [7, 11) is -3.42. The maximum atomic E-state index is 11.8. The highest BCUT2D eigenvalue weighted by atomic mass is 32.2. The van der Waals surface area contributed by atoms with E-state index in [1.807, 2.05) is 0 Å². The first-order valence-electron chi connectivity index (χ1n) is 5.12. The Bertz CT molecular complexity index is 550. The topological polar surface area (TPSA) is 74.8 Å². The van der Waals surface area contributed by atoms with Gasteiger partial charge in [-0.3, -0.25) is 0 Å². The van der Waals surface area contributed by atoms with Crippen LogP contribution in [-0.4, -0.2) is 24.9 Å². The molecule has 0 saturated carbocycles. The van der Waals surface area contributed by atoms with Crippen LogP contribution >= 0.6 is 0 Å². The third-order valence-corrected chi connectivity index (χ3v) is 3.70. The molecule has 89 valence electrons. The molecule has 0 atom stereocenters. The third kappa shape index (κ3) is 3.15. The van der Waals surface area contributed by atoms with Crippen LogP contribution in [0.15, 0.2) is 41.7 Å². The Morgan fingerprint density at radius 3 is 2.76 bits per heavy atom. The molecule has 6 heteroatoms. The van der Waals surface area contributed by atoms with Crippen molar-refractivity contribution in [3.8, 4) is 0 Å². The SMILES string of the molecule is O=S(=O)(NCCc1c[nH]cn1)c1cc[c]cc1. The summed E-state index contributed by atoms with van der Waals surface area (Å²) in [6.45, 7) is 0.325. The van der Waals surface area contributed by atoms with Gasteiger partial charge < -0.3 is 4.98 Å². The second-order valence-corrected chi connectivity index (χ2v) is 5.21. The molecule has 2 N–H and O–H groups in total. The van der Waals surface area contributed by atoms with Gasteiger partial charge in [-0.05, 0) is 18.2 Å². The number of sulfonamides is 1. The first kappa shape index (κ1) is 11.8. The van der Waals surface area contributed by atoms with E-state index < -0.39 is 10.0 Å². The number of rotatable bonds is 5. The summed E-state index contributed by atoms with van der Waals surface area (Å²) in [6, 6.07) is 8.94. The minimum Gasteiger partial charge on any atom is -0.351 e. The Kier molecular flexibility index (Phi) is 3.55. The first-order valence-corrected chi connectivity index (χ1v) is 6.60. The normalized spacial score (nSPS) is 11.5. The molecule has 17 heavy (non-hydrogen) atoms. The van der Waals surface area contributed by atoms with Crippen LogP contribution in [0.5, 0.6) is 0 Å². The van der Waals surface area contributed by atoms with Crippen LogP contribution in [0.4, 0.5) is 0 Å². The summed E-state index contributed by atoms with van der Waals surface area (Å²) in [5, 5.41) is 0. The molecule has 0 spiro atoms. The highest BCUT2D eigenvalue weighted by Gasteiger charge is 2.12. The minimum absolute atomic E-state index is 0.248. The van der Waals surface area contributed by atoms with Crippen molar-refractivity contribution in [1.29, 1.82) is 0 Å². The van der Waals surface area contributed by atoms with Gasteiger partial charge in [-0.2, -0.15) is 0 Å². The summed E-state index contributed by atoms with van der Waals surface area (Å²) < 4.78 is 26.1. The Morgan fingerprint density at radius 1 is 1.35 bits per heavy atom. The van der Waals surface area contributed by atoms with E-state index in [4.69, 9.17) is 0 Å². The molecule has 5 nitrogen and oxygen atoms in total. The van der Waals surface area contributed by atoms with Gasteiger partial charge in [0.05, 0.1) is 16.9 Å². The van der Waals surface area contributed by atoms with Crippen LogP contribution < -0.4 is 4.72 Å². The fourth-order valence-electron chi connectivity index (χ4n) is 1.38. The van der Waals surface area contributed by atoms with Crippen LogP contribution in [0.2, 0.25) is 0 Å². The van der Waals surface area contributed by atoms with Crippen LogP contribution in [0.3, 0.4) is 0 Å². The van der Waals surface area contributed by atoms with Crippen molar-refractivity contribution in [1.82, 2.24) is 14.7 Å². The maximum Gasteiger partial charge on any atom is 0.240 e. The molecule has 1 radical (unpaired) electrons. The van der Waals surface area contributed by atoms with Crippen molar-refractivity contribution in [2.75, 3.05) is 6.54 Å². The third-order valence-electron chi connectivity index (χ3n) is 2.23. The van der Waals surface area contributed by atoms with Gasteiger partial charge in [0.2, 0.25) is 10.0 Å². The lowest BCUT2D eigenvalue weighted by atomic mass is 10.3. The molecular weight excluding hydrogens is 238 g/mol. The van der Waals surface area contributed by atoms with E-state index in [-0.39, 0.29) is 4.90 Å². The average Bonchev–Trinajstić information content (AvgIpc) is 2.83. The number of nitrogens with zero attached hydrogens (tertiary/aromatic N) is 1. The molecule has 0 aliphatic rings. The number of hydrogen-bond acceptors (Lipinski definition) is 3. The Hall–Kier alpha value is -1.66. The van der Waals surface area contributed by atoms with E-state index >= 15 is 0 Å². The van der Waals surface area contributed by atoms with Crippen molar-refractivity contribution in [2.45, 2.75) is 11.3 Å². The van der Waals surface area contributed by atoms with Crippen molar-refractivity contribution in [3.63, 3.8) is 0 Å². The van der Waals surface area contributed by atoms with Crippen molar-refractivity contribution in [2.24, 2.45) is 0 Å². The summed E-state index contributed by atoms with van der Waals surface area (Å²) in [4.78, 5) is 7.08. The molecule has 2 aromatic rings. The highest BCUT2D eigenvalue weighted by molar-refractivity contribution is 7.89. The van der Waals surface area contributed by atoms with Gasteiger partial charge >= 0.3 is 0 Å². The van der Waals surface area contributed by atoms with E-state index in [2.05, 4.69) is 20.8 Å². The molecule has 1 heterocycles. The van der Waals surface area contributed by atoms with E-state index in [1.165, 1.54) is 12.1 Å². The fraction of sp³-hybridized carbons (Fsp3) is 0.182. The number of aromatic amines is 1. The van der Waals surface area contributed by atoms with Crippen molar-refractivity contribution in [3.05, 3.63) is 48.5 Å². The largest absolute Gasteiger partial charge is 0.351 e. The summed E-state index contributed by atoms with van der Waals surface area (Å²) in [5.41, 5.74) is 0.828. The maximum absolute atomic E-state index is 11.8. The number of benzene rings is 1. The Morgan fingerprint density at radius 2 is 2.12 bits per heavy atom. The zero-order valence-corrected chi connectivity index (χ0v) is 9.87. The van der Waals surface area contributed by atoms with Gasteiger partial charge in [-0.15, -0.1) is 0 Å². The zero-order chi connectivity index (χ0) is 12.1.